The Labute approximate surface area is 124 Å². The Morgan fingerprint density at radius 2 is 2.21 bits per heavy atom. The standard InChI is InChI=1S/C13H12ClNO2S2/c1-7-8(4-12(19-7)13(16)17)6-18-11-3-2-9(15)5-10(11)14/h2-5H,6,15H2,1H3,(H,16,17). The fourth-order valence-corrected chi connectivity index (χ4v) is 3.85. The van der Waals surface area contributed by atoms with E-state index in [1.165, 1.54) is 11.3 Å². The summed E-state index contributed by atoms with van der Waals surface area (Å²) in [5.41, 5.74) is 7.30. The molecule has 0 atom stereocenters. The van der Waals surface area contributed by atoms with Crippen LogP contribution in [-0.4, -0.2) is 11.1 Å². The minimum Gasteiger partial charge on any atom is -0.477 e. The number of aryl methyl sites for hydroxylation is 1. The van der Waals surface area contributed by atoms with Crippen LogP contribution in [0, 0.1) is 6.92 Å². The third-order valence-corrected chi connectivity index (χ3v) is 5.20. The summed E-state index contributed by atoms with van der Waals surface area (Å²) in [5.74, 6) is -0.186. The molecule has 2 rings (SSSR count). The fourth-order valence-electron chi connectivity index (χ4n) is 1.56. The molecule has 0 unspecified atom stereocenters. The molecule has 0 fully saturated rings. The number of halogens is 1. The number of aromatic carboxylic acids is 1. The van der Waals surface area contributed by atoms with Gasteiger partial charge < -0.3 is 10.8 Å². The van der Waals surface area contributed by atoms with Crippen molar-refractivity contribution in [2.45, 2.75) is 17.6 Å². The minimum atomic E-state index is -0.880. The number of hydrogen-bond donors (Lipinski definition) is 2. The molecule has 0 radical (unpaired) electrons. The Morgan fingerprint density at radius 1 is 1.47 bits per heavy atom. The first kappa shape index (κ1) is 14.2. The van der Waals surface area contributed by atoms with Crippen LogP contribution in [0.25, 0.3) is 0 Å². The zero-order valence-corrected chi connectivity index (χ0v) is 12.5. The molecule has 0 aliphatic heterocycles. The Hall–Kier alpha value is -1.17. The van der Waals surface area contributed by atoms with Gasteiger partial charge >= 0.3 is 5.97 Å². The first-order valence-corrected chi connectivity index (χ1v) is 7.66. The Morgan fingerprint density at radius 3 is 2.79 bits per heavy atom. The van der Waals surface area contributed by atoms with Crippen molar-refractivity contribution >= 4 is 46.4 Å². The molecule has 0 saturated heterocycles. The predicted molar refractivity (Wildman–Crippen MR) is 81.4 cm³/mol. The predicted octanol–water partition coefficient (Wildman–Crippen LogP) is 4.28. The summed E-state index contributed by atoms with van der Waals surface area (Å²) < 4.78 is 0. The van der Waals surface area contributed by atoms with Crippen molar-refractivity contribution in [3.63, 3.8) is 0 Å². The van der Waals surface area contributed by atoms with Gasteiger partial charge in [0.2, 0.25) is 0 Å². The van der Waals surface area contributed by atoms with E-state index in [1.807, 2.05) is 13.0 Å². The fraction of sp³-hybridized carbons (Fsp3) is 0.154. The molecule has 3 nitrogen and oxygen atoms in total. The molecule has 3 N–H and O–H groups in total. The first-order valence-electron chi connectivity index (χ1n) is 5.48. The maximum absolute atomic E-state index is 10.9. The largest absolute Gasteiger partial charge is 0.477 e. The molecular weight excluding hydrogens is 302 g/mol. The van der Waals surface area contributed by atoms with Gasteiger partial charge in [0, 0.05) is 21.2 Å². The highest BCUT2D eigenvalue weighted by atomic mass is 35.5. The van der Waals surface area contributed by atoms with E-state index in [4.69, 9.17) is 22.4 Å². The van der Waals surface area contributed by atoms with E-state index < -0.39 is 5.97 Å². The lowest BCUT2D eigenvalue weighted by molar-refractivity contribution is 0.0702. The third kappa shape index (κ3) is 3.43. The van der Waals surface area contributed by atoms with E-state index in [0.717, 1.165) is 15.3 Å². The smallest absolute Gasteiger partial charge is 0.345 e. The number of nitrogen functional groups attached to an aromatic ring is 1. The summed E-state index contributed by atoms with van der Waals surface area (Å²) in [6, 6.07) is 7.12. The quantitative estimate of drug-likeness (QED) is 0.653. The van der Waals surface area contributed by atoms with Crippen LogP contribution in [0.5, 0.6) is 0 Å². The highest BCUT2D eigenvalue weighted by molar-refractivity contribution is 7.98. The summed E-state index contributed by atoms with van der Waals surface area (Å²) in [6.07, 6.45) is 0. The molecule has 1 aromatic heterocycles. The van der Waals surface area contributed by atoms with Gasteiger partial charge in [-0.3, -0.25) is 0 Å². The van der Waals surface area contributed by atoms with Gasteiger partial charge in [-0.05, 0) is 36.8 Å². The minimum absolute atomic E-state index is 0.372. The Kier molecular flexibility index (Phi) is 4.39. The molecule has 0 amide bonds. The monoisotopic (exact) mass is 313 g/mol. The maximum Gasteiger partial charge on any atom is 0.345 e. The first-order chi connectivity index (χ1) is 8.97. The lowest BCUT2D eigenvalue weighted by Gasteiger charge is -2.04. The van der Waals surface area contributed by atoms with Crippen LogP contribution in [-0.2, 0) is 5.75 Å². The van der Waals surface area contributed by atoms with Crippen molar-refractivity contribution < 1.29 is 9.90 Å². The van der Waals surface area contributed by atoms with Gasteiger partial charge in [-0.2, -0.15) is 0 Å². The van der Waals surface area contributed by atoms with Gasteiger partial charge in [0.15, 0.2) is 0 Å². The number of anilines is 1. The van der Waals surface area contributed by atoms with E-state index in [0.29, 0.717) is 21.3 Å². The van der Waals surface area contributed by atoms with E-state index in [2.05, 4.69) is 0 Å². The molecule has 19 heavy (non-hydrogen) atoms. The van der Waals surface area contributed by atoms with Gasteiger partial charge in [-0.15, -0.1) is 23.1 Å². The van der Waals surface area contributed by atoms with Crippen molar-refractivity contribution in [2.75, 3.05) is 5.73 Å². The van der Waals surface area contributed by atoms with E-state index in [1.54, 1.807) is 30.0 Å². The molecule has 2 aromatic rings. The van der Waals surface area contributed by atoms with Crippen molar-refractivity contribution in [1.82, 2.24) is 0 Å². The van der Waals surface area contributed by atoms with Crippen LogP contribution in [0.15, 0.2) is 29.2 Å². The molecule has 0 aliphatic rings. The molecule has 0 saturated carbocycles. The number of carboxylic acids is 1. The van der Waals surface area contributed by atoms with E-state index >= 15 is 0 Å². The summed E-state index contributed by atoms with van der Waals surface area (Å²) >= 11 is 8.97. The maximum atomic E-state index is 10.9. The second-order valence-corrected chi connectivity index (χ2v) is 6.66. The number of carbonyl (C=O) groups is 1. The van der Waals surface area contributed by atoms with Gasteiger partial charge in [0.1, 0.15) is 4.88 Å². The van der Waals surface area contributed by atoms with E-state index in [-0.39, 0.29) is 0 Å². The lowest BCUT2D eigenvalue weighted by atomic mass is 10.3. The van der Waals surface area contributed by atoms with Crippen molar-refractivity contribution in [3.05, 3.63) is 44.6 Å². The number of thiophene rings is 1. The summed E-state index contributed by atoms with van der Waals surface area (Å²) in [6.45, 7) is 1.93. The van der Waals surface area contributed by atoms with Gasteiger partial charge in [0.05, 0.1) is 5.02 Å². The molecule has 0 bridgehead atoms. The molecule has 100 valence electrons. The Balaban J connectivity index is 2.12. The normalized spacial score (nSPS) is 10.6. The molecule has 0 aliphatic carbocycles. The zero-order valence-electron chi connectivity index (χ0n) is 10.1. The van der Waals surface area contributed by atoms with Crippen LogP contribution in [0.2, 0.25) is 5.02 Å². The molecule has 6 heteroatoms. The van der Waals surface area contributed by atoms with Crippen LogP contribution < -0.4 is 5.73 Å². The molecular formula is C13H12ClNO2S2. The van der Waals surface area contributed by atoms with Crippen molar-refractivity contribution in [1.29, 1.82) is 0 Å². The summed E-state index contributed by atoms with van der Waals surface area (Å²) in [4.78, 5) is 13.2. The topological polar surface area (TPSA) is 63.3 Å². The van der Waals surface area contributed by atoms with Gasteiger partial charge in [-0.25, -0.2) is 4.79 Å². The molecule has 1 aromatic carbocycles. The van der Waals surface area contributed by atoms with Crippen LogP contribution in [0.4, 0.5) is 5.69 Å². The van der Waals surface area contributed by atoms with Crippen LogP contribution >= 0.6 is 34.7 Å². The number of carboxylic acid groups (broad SMARTS) is 1. The zero-order chi connectivity index (χ0) is 14.0. The molecule has 0 spiro atoms. The highest BCUT2D eigenvalue weighted by Gasteiger charge is 2.11. The summed E-state index contributed by atoms with van der Waals surface area (Å²) in [7, 11) is 0. The third-order valence-electron chi connectivity index (χ3n) is 2.57. The van der Waals surface area contributed by atoms with Crippen molar-refractivity contribution in [2.24, 2.45) is 0 Å². The number of hydrogen-bond acceptors (Lipinski definition) is 4. The van der Waals surface area contributed by atoms with Gasteiger partial charge in [0.25, 0.3) is 0 Å². The second-order valence-electron chi connectivity index (χ2n) is 3.98. The molecule has 1 heterocycles. The lowest BCUT2D eigenvalue weighted by Crippen LogP contribution is -1.90. The average molecular weight is 314 g/mol. The van der Waals surface area contributed by atoms with Crippen molar-refractivity contribution in [3.8, 4) is 0 Å². The van der Waals surface area contributed by atoms with E-state index in [9.17, 15) is 4.79 Å². The SMILES string of the molecule is Cc1sc(C(=O)O)cc1CSc1ccc(N)cc1Cl. The number of rotatable bonds is 4. The average Bonchev–Trinajstić information content (AvgIpc) is 2.70. The highest BCUT2D eigenvalue weighted by Crippen LogP contribution is 2.33. The number of nitrogens with two attached hydrogens (primary N) is 1. The summed E-state index contributed by atoms with van der Waals surface area (Å²) in [5, 5.41) is 9.57. The number of thioether (sulfide) groups is 1. The van der Waals surface area contributed by atoms with Crippen LogP contribution in [0.1, 0.15) is 20.1 Å². The second kappa shape index (κ2) is 5.86. The van der Waals surface area contributed by atoms with Gasteiger partial charge in [-0.1, -0.05) is 11.6 Å². The Bertz CT molecular complexity index is 625. The number of benzene rings is 1. The van der Waals surface area contributed by atoms with Crippen LogP contribution in [0.3, 0.4) is 0 Å².